The molecule has 1 saturated heterocycles. The van der Waals surface area contributed by atoms with Crippen molar-refractivity contribution in [1.29, 1.82) is 0 Å². The number of aliphatic hydroxyl groups excluding tert-OH is 1. The van der Waals surface area contributed by atoms with Gasteiger partial charge in [0.2, 0.25) is 0 Å². The number of aliphatic hydroxyl groups is 1. The van der Waals surface area contributed by atoms with E-state index in [-0.39, 0.29) is 23.6 Å². The molecule has 4 nitrogen and oxygen atoms in total. The maximum absolute atomic E-state index is 13.6. The standard InChI is InChI=1S/C30H37F2N3O/c1-34(27-6-3-2-4-7-27)22-30(36)29(35-20-18-33-19-21-35)9-5-8-28(23-10-14-25(31)15-11-23)24-12-16-26(32)17-13-24/h2-4,6-7,10-17,28-30,33,36H,5,8-9,18-22H2,1H3. The molecule has 1 heterocycles. The lowest BCUT2D eigenvalue weighted by molar-refractivity contribution is 0.0404. The lowest BCUT2D eigenvalue weighted by atomic mass is 9.86. The Balaban J connectivity index is 1.46. The van der Waals surface area contributed by atoms with E-state index in [0.29, 0.717) is 6.54 Å². The summed E-state index contributed by atoms with van der Waals surface area (Å²) in [6.45, 7) is 4.22. The first-order valence-corrected chi connectivity index (χ1v) is 12.9. The van der Waals surface area contributed by atoms with E-state index in [1.807, 2.05) is 49.5 Å². The molecule has 6 heteroatoms. The van der Waals surface area contributed by atoms with Crippen molar-refractivity contribution in [2.45, 2.75) is 37.3 Å². The molecular formula is C30H37F2N3O. The van der Waals surface area contributed by atoms with Gasteiger partial charge in [-0.05, 0) is 60.4 Å². The first kappa shape index (κ1) is 26.3. The average molecular weight is 494 g/mol. The lowest BCUT2D eigenvalue weighted by Gasteiger charge is -2.39. The average Bonchev–Trinajstić information content (AvgIpc) is 2.91. The quantitative estimate of drug-likeness (QED) is 0.393. The van der Waals surface area contributed by atoms with E-state index in [0.717, 1.165) is 62.3 Å². The molecule has 0 spiro atoms. The Labute approximate surface area is 213 Å². The third-order valence-electron chi connectivity index (χ3n) is 7.26. The highest BCUT2D eigenvalue weighted by molar-refractivity contribution is 5.45. The number of para-hydroxylation sites is 1. The number of nitrogens with one attached hydrogen (secondary N) is 1. The van der Waals surface area contributed by atoms with Crippen LogP contribution in [0.2, 0.25) is 0 Å². The molecule has 2 atom stereocenters. The van der Waals surface area contributed by atoms with Crippen LogP contribution in [0.1, 0.15) is 36.3 Å². The minimum Gasteiger partial charge on any atom is -0.390 e. The highest BCUT2D eigenvalue weighted by Crippen LogP contribution is 2.31. The van der Waals surface area contributed by atoms with Gasteiger partial charge < -0.3 is 15.3 Å². The van der Waals surface area contributed by atoms with Gasteiger partial charge in [-0.15, -0.1) is 0 Å². The number of piperazine rings is 1. The molecule has 192 valence electrons. The molecule has 1 fully saturated rings. The van der Waals surface area contributed by atoms with Gasteiger partial charge in [-0.2, -0.15) is 0 Å². The predicted molar refractivity (Wildman–Crippen MR) is 142 cm³/mol. The predicted octanol–water partition coefficient (Wildman–Crippen LogP) is 5.04. The highest BCUT2D eigenvalue weighted by Gasteiger charge is 2.28. The SMILES string of the molecule is CN(CC(O)C(CCCC(c1ccc(F)cc1)c1ccc(F)cc1)N1CCNCC1)c1ccccc1. The maximum Gasteiger partial charge on any atom is 0.123 e. The molecule has 2 N–H and O–H groups in total. The zero-order valence-electron chi connectivity index (χ0n) is 21.0. The van der Waals surface area contributed by atoms with Crippen LogP contribution in [-0.4, -0.2) is 61.9 Å². The molecule has 3 aromatic carbocycles. The first-order chi connectivity index (χ1) is 17.5. The molecular weight excluding hydrogens is 456 g/mol. The zero-order valence-corrected chi connectivity index (χ0v) is 21.0. The molecule has 1 aliphatic heterocycles. The van der Waals surface area contributed by atoms with Crippen LogP contribution in [0.15, 0.2) is 78.9 Å². The van der Waals surface area contributed by atoms with Gasteiger partial charge in [0.25, 0.3) is 0 Å². The highest BCUT2D eigenvalue weighted by atomic mass is 19.1. The topological polar surface area (TPSA) is 38.7 Å². The Hall–Kier alpha value is -2.80. The third-order valence-corrected chi connectivity index (χ3v) is 7.26. The van der Waals surface area contributed by atoms with Crippen LogP contribution in [0.5, 0.6) is 0 Å². The fourth-order valence-electron chi connectivity index (χ4n) is 5.27. The molecule has 36 heavy (non-hydrogen) atoms. The second-order valence-electron chi connectivity index (χ2n) is 9.72. The number of benzene rings is 3. The van der Waals surface area contributed by atoms with E-state index < -0.39 is 6.10 Å². The van der Waals surface area contributed by atoms with Crippen molar-refractivity contribution >= 4 is 5.69 Å². The van der Waals surface area contributed by atoms with E-state index in [1.165, 1.54) is 24.3 Å². The van der Waals surface area contributed by atoms with Crippen LogP contribution in [0.4, 0.5) is 14.5 Å². The normalized spacial score (nSPS) is 16.1. The maximum atomic E-state index is 13.6. The van der Waals surface area contributed by atoms with E-state index in [4.69, 9.17) is 0 Å². The summed E-state index contributed by atoms with van der Waals surface area (Å²) in [6.07, 6.45) is 2.08. The number of hydrogen-bond donors (Lipinski definition) is 2. The number of anilines is 1. The smallest absolute Gasteiger partial charge is 0.123 e. The zero-order chi connectivity index (χ0) is 25.3. The Kier molecular flexibility index (Phi) is 9.45. The molecule has 0 bridgehead atoms. The van der Waals surface area contributed by atoms with Crippen molar-refractivity contribution in [3.63, 3.8) is 0 Å². The van der Waals surface area contributed by atoms with Gasteiger partial charge in [-0.3, -0.25) is 4.90 Å². The van der Waals surface area contributed by atoms with Gasteiger partial charge in [-0.25, -0.2) is 8.78 Å². The molecule has 2 unspecified atom stereocenters. The van der Waals surface area contributed by atoms with Crippen LogP contribution in [-0.2, 0) is 0 Å². The third kappa shape index (κ3) is 7.12. The van der Waals surface area contributed by atoms with Gasteiger partial charge in [0, 0.05) is 57.4 Å². The molecule has 0 amide bonds. The monoisotopic (exact) mass is 493 g/mol. The Morgan fingerprint density at radius 3 is 1.94 bits per heavy atom. The molecule has 0 radical (unpaired) electrons. The van der Waals surface area contributed by atoms with Crippen molar-refractivity contribution in [2.75, 3.05) is 44.7 Å². The second kappa shape index (κ2) is 12.9. The fourth-order valence-corrected chi connectivity index (χ4v) is 5.27. The minimum absolute atomic E-state index is 0.0407. The van der Waals surface area contributed by atoms with E-state index in [2.05, 4.69) is 27.2 Å². The summed E-state index contributed by atoms with van der Waals surface area (Å²) in [4.78, 5) is 4.52. The summed E-state index contributed by atoms with van der Waals surface area (Å²) in [5, 5.41) is 14.8. The van der Waals surface area contributed by atoms with E-state index in [9.17, 15) is 13.9 Å². The Morgan fingerprint density at radius 1 is 0.833 bits per heavy atom. The molecule has 0 aliphatic carbocycles. The summed E-state index contributed by atoms with van der Waals surface area (Å²) >= 11 is 0. The molecule has 0 saturated carbocycles. The van der Waals surface area contributed by atoms with Crippen LogP contribution < -0.4 is 10.2 Å². The number of likely N-dealkylation sites (N-methyl/N-ethyl adjacent to an activating group) is 1. The van der Waals surface area contributed by atoms with Crippen LogP contribution in [0.25, 0.3) is 0 Å². The molecule has 0 aromatic heterocycles. The summed E-state index contributed by atoms with van der Waals surface area (Å²) in [7, 11) is 2.02. The van der Waals surface area contributed by atoms with Crippen molar-refractivity contribution in [2.24, 2.45) is 0 Å². The summed E-state index contributed by atoms with van der Waals surface area (Å²) in [6, 6.07) is 23.4. The first-order valence-electron chi connectivity index (χ1n) is 12.9. The molecule has 1 aliphatic rings. The Morgan fingerprint density at radius 2 is 1.39 bits per heavy atom. The van der Waals surface area contributed by atoms with Gasteiger partial charge in [0.1, 0.15) is 11.6 Å². The summed E-state index contributed by atoms with van der Waals surface area (Å²) in [5.41, 5.74) is 3.13. The largest absolute Gasteiger partial charge is 0.390 e. The van der Waals surface area contributed by atoms with Crippen LogP contribution >= 0.6 is 0 Å². The van der Waals surface area contributed by atoms with Gasteiger partial charge >= 0.3 is 0 Å². The van der Waals surface area contributed by atoms with Crippen molar-refractivity contribution < 1.29 is 13.9 Å². The van der Waals surface area contributed by atoms with Crippen molar-refractivity contribution in [3.05, 3.63) is 102 Å². The number of rotatable bonds is 11. The molecule has 3 aromatic rings. The number of nitrogens with zero attached hydrogens (tertiary/aromatic N) is 2. The van der Waals surface area contributed by atoms with E-state index in [1.54, 1.807) is 0 Å². The van der Waals surface area contributed by atoms with Gasteiger partial charge in [0.05, 0.1) is 6.10 Å². The lowest BCUT2D eigenvalue weighted by Crippen LogP contribution is -2.54. The summed E-state index contributed by atoms with van der Waals surface area (Å²) < 4.78 is 27.2. The van der Waals surface area contributed by atoms with Gasteiger partial charge in [0.15, 0.2) is 0 Å². The Bertz CT molecular complexity index is 995. The molecule has 4 rings (SSSR count). The van der Waals surface area contributed by atoms with Crippen LogP contribution in [0.3, 0.4) is 0 Å². The van der Waals surface area contributed by atoms with Crippen LogP contribution in [0, 0.1) is 11.6 Å². The number of halogens is 2. The summed E-state index contributed by atoms with van der Waals surface area (Å²) in [5.74, 6) is -0.485. The fraction of sp³-hybridized carbons (Fsp3) is 0.400. The minimum atomic E-state index is -0.497. The van der Waals surface area contributed by atoms with Crippen molar-refractivity contribution in [3.8, 4) is 0 Å². The van der Waals surface area contributed by atoms with Gasteiger partial charge in [-0.1, -0.05) is 48.9 Å². The van der Waals surface area contributed by atoms with E-state index >= 15 is 0 Å². The van der Waals surface area contributed by atoms with Crippen molar-refractivity contribution in [1.82, 2.24) is 10.2 Å². The number of hydrogen-bond acceptors (Lipinski definition) is 4. The second-order valence-corrected chi connectivity index (χ2v) is 9.72.